The zero-order valence-electron chi connectivity index (χ0n) is 17.9. The Morgan fingerprint density at radius 2 is 1.84 bits per heavy atom. The van der Waals surface area contributed by atoms with Crippen molar-refractivity contribution in [2.24, 2.45) is 0 Å². The lowest BCUT2D eigenvalue weighted by molar-refractivity contribution is 0.303. The van der Waals surface area contributed by atoms with Crippen LogP contribution in [0.4, 0.5) is 5.82 Å². The van der Waals surface area contributed by atoms with Gasteiger partial charge in [0.25, 0.3) is 0 Å². The topological polar surface area (TPSA) is 56.4 Å². The van der Waals surface area contributed by atoms with Gasteiger partial charge >= 0.3 is 0 Å². The third-order valence-electron chi connectivity index (χ3n) is 5.69. The van der Waals surface area contributed by atoms with E-state index in [0.29, 0.717) is 16.2 Å². The van der Waals surface area contributed by atoms with E-state index in [0.717, 1.165) is 60.6 Å². The van der Waals surface area contributed by atoms with E-state index >= 15 is 0 Å². The SMILES string of the molecule is CCN(CC)CCCNc1cc(-c2ccc(Cl)cc2)c(C#N)c2nc3ccccc3n12. The van der Waals surface area contributed by atoms with Crippen molar-refractivity contribution >= 4 is 34.1 Å². The van der Waals surface area contributed by atoms with Crippen LogP contribution < -0.4 is 5.32 Å². The van der Waals surface area contributed by atoms with Crippen LogP contribution in [0, 0.1) is 11.3 Å². The number of nitrogens with one attached hydrogen (secondary N) is 1. The molecule has 0 bridgehead atoms. The van der Waals surface area contributed by atoms with Gasteiger partial charge in [0, 0.05) is 17.1 Å². The summed E-state index contributed by atoms with van der Waals surface area (Å²) in [6.45, 7) is 8.39. The number of halogens is 1. The number of pyridine rings is 1. The van der Waals surface area contributed by atoms with Crippen LogP contribution in [-0.4, -0.2) is 40.5 Å². The molecule has 0 saturated carbocycles. The highest BCUT2D eigenvalue weighted by Gasteiger charge is 2.18. The van der Waals surface area contributed by atoms with Crippen molar-refractivity contribution in [2.45, 2.75) is 20.3 Å². The van der Waals surface area contributed by atoms with Crippen molar-refractivity contribution in [1.29, 1.82) is 5.26 Å². The number of hydrogen-bond acceptors (Lipinski definition) is 4. The van der Waals surface area contributed by atoms with Gasteiger partial charge in [-0.05, 0) is 62.0 Å². The number of anilines is 1. The van der Waals surface area contributed by atoms with Crippen LogP contribution in [0.3, 0.4) is 0 Å². The van der Waals surface area contributed by atoms with Crippen molar-refractivity contribution in [3.05, 3.63) is 65.2 Å². The number of nitriles is 1. The molecule has 0 radical (unpaired) electrons. The maximum atomic E-state index is 10.0. The molecule has 2 heterocycles. The standard InChI is InChI=1S/C25H26ClN5/c1-3-30(4-2)15-7-14-28-24-16-20(18-10-12-19(26)13-11-18)21(17-27)25-29-22-8-5-6-9-23(22)31(24)25/h5-6,8-13,16,28H,3-4,7,14-15H2,1-2H3. The molecule has 0 aliphatic rings. The molecule has 4 aromatic rings. The number of para-hydroxylation sites is 2. The van der Waals surface area contributed by atoms with Crippen molar-refractivity contribution in [2.75, 3.05) is 31.5 Å². The minimum Gasteiger partial charge on any atom is -0.371 e. The molecule has 6 heteroatoms. The predicted octanol–water partition coefficient (Wildman–Crippen LogP) is 5.82. The van der Waals surface area contributed by atoms with E-state index in [2.05, 4.69) is 40.6 Å². The average molecular weight is 432 g/mol. The zero-order valence-corrected chi connectivity index (χ0v) is 18.7. The summed E-state index contributed by atoms with van der Waals surface area (Å²) >= 11 is 6.09. The van der Waals surface area contributed by atoms with E-state index in [1.165, 1.54) is 0 Å². The van der Waals surface area contributed by atoms with Gasteiger partial charge in [-0.3, -0.25) is 4.40 Å². The van der Waals surface area contributed by atoms with Gasteiger partial charge in [-0.15, -0.1) is 0 Å². The van der Waals surface area contributed by atoms with Crippen LogP contribution in [0.5, 0.6) is 0 Å². The highest BCUT2D eigenvalue weighted by molar-refractivity contribution is 6.30. The van der Waals surface area contributed by atoms with Gasteiger partial charge in [-0.25, -0.2) is 4.98 Å². The van der Waals surface area contributed by atoms with Crippen LogP contribution in [0.15, 0.2) is 54.6 Å². The molecular weight excluding hydrogens is 406 g/mol. The lowest BCUT2D eigenvalue weighted by atomic mass is 10.0. The predicted molar refractivity (Wildman–Crippen MR) is 129 cm³/mol. The molecule has 2 aromatic heterocycles. The molecule has 158 valence electrons. The highest BCUT2D eigenvalue weighted by Crippen LogP contribution is 2.33. The van der Waals surface area contributed by atoms with Gasteiger partial charge < -0.3 is 10.2 Å². The second-order valence-electron chi connectivity index (χ2n) is 7.50. The van der Waals surface area contributed by atoms with E-state index < -0.39 is 0 Å². The fourth-order valence-electron chi connectivity index (χ4n) is 3.99. The maximum Gasteiger partial charge on any atom is 0.158 e. The van der Waals surface area contributed by atoms with E-state index in [9.17, 15) is 5.26 Å². The summed E-state index contributed by atoms with van der Waals surface area (Å²) < 4.78 is 2.06. The second-order valence-corrected chi connectivity index (χ2v) is 7.94. The lowest BCUT2D eigenvalue weighted by Crippen LogP contribution is -2.25. The molecule has 0 saturated heterocycles. The van der Waals surface area contributed by atoms with Crippen LogP contribution >= 0.6 is 11.6 Å². The number of rotatable bonds is 8. The zero-order chi connectivity index (χ0) is 21.8. The summed E-state index contributed by atoms with van der Waals surface area (Å²) in [6, 6.07) is 20.0. The number of aromatic nitrogens is 2. The van der Waals surface area contributed by atoms with Gasteiger partial charge in [-0.2, -0.15) is 5.26 Å². The Kier molecular flexibility index (Phi) is 6.41. The van der Waals surface area contributed by atoms with E-state index in [-0.39, 0.29) is 0 Å². The van der Waals surface area contributed by atoms with E-state index in [1.54, 1.807) is 0 Å². The minimum absolute atomic E-state index is 0.562. The minimum atomic E-state index is 0.562. The molecule has 5 nitrogen and oxygen atoms in total. The fourth-order valence-corrected chi connectivity index (χ4v) is 4.11. The molecule has 2 aromatic carbocycles. The Balaban J connectivity index is 1.81. The Bertz CT molecular complexity index is 1230. The first kappa shape index (κ1) is 21.2. The quantitative estimate of drug-likeness (QED) is 0.357. The van der Waals surface area contributed by atoms with Crippen molar-refractivity contribution in [3.63, 3.8) is 0 Å². The largest absolute Gasteiger partial charge is 0.371 e. The maximum absolute atomic E-state index is 10.0. The summed E-state index contributed by atoms with van der Waals surface area (Å²) in [5, 5.41) is 14.3. The summed E-state index contributed by atoms with van der Waals surface area (Å²) in [5.41, 5.74) is 4.89. The third-order valence-corrected chi connectivity index (χ3v) is 5.95. The normalized spacial score (nSPS) is 11.3. The average Bonchev–Trinajstić information content (AvgIpc) is 3.19. The molecule has 0 amide bonds. The van der Waals surface area contributed by atoms with Crippen LogP contribution in [0.2, 0.25) is 5.02 Å². The van der Waals surface area contributed by atoms with Crippen LogP contribution in [0.1, 0.15) is 25.8 Å². The van der Waals surface area contributed by atoms with Gasteiger partial charge in [-0.1, -0.05) is 49.7 Å². The highest BCUT2D eigenvalue weighted by atomic mass is 35.5. The second kappa shape index (κ2) is 9.38. The molecule has 0 spiro atoms. The van der Waals surface area contributed by atoms with Crippen LogP contribution in [0.25, 0.3) is 27.8 Å². The van der Waals surface area contributed by atoms with Gasteiger partial charge in [0.05, 0.1) is 11.0 Å². The Morgan fingerprint density at radius 3 is 2.55 bits per heavy atom. The fraction of sp³-hybridized carbons (Fsp3) is 0.280. The number of fused-ring (bicyclic) bond motifs is 3. The molecule has 31 heavy (non-hydrogen) atoms. The molecule has 0 atom stereocenters. The van der Waals surface area contributed by atoms with Gasteiger partial charge in [0.15, 0.2) is 5.65 Å². The molecule has 0 unspecified atom stereocenters. The van der Waals surface area contributed by atoms with Gasteiger partial charge in [0.1, 0.15) is 17.5 Å². The van der Waals surface area contributed by atoms with E-state index in [1.807, 2.05) is 48.5 Å². The lowest BCUT2D eigenvalue weighted by Gasteiger charge is -2.19. The first-order chi connectivity index (χ1) is 15.2. The smallest absolute Gasteiger partial charge is 0.158 e. The van der Waals surface area contributed by atoms with Crippen molar-refractivity contribution in [3.8, 4) is 17.2 Å². The summed E-state index contributed by atoms with van der Waals surface area (Å²) in [4.78, 5) is 7.22. The monoisotopic (exact) mass is 431 g/mol. The number of imidazole rings is 1. The Morgan fingerprint density at radius 1 is 1.10 bits per heavy atom. The molecule has 4 rings (SSSR count). The number of nitrogens with zero attached hydrogens (tertiary/aromatic N) is 4. The van der Waals surface area contributed by atoms with E-state index in [4.69, 9.17) is 16.6 Å². The Labute approximate surface area is 187 Å². The summed E-state index contributed by atoms with van der Waals surface area (Å²) in [6.07, 6.45) is 1.03. The molecule has 0 aliphatic heterocycles. The van der Waals surface area contributed by atoms with Gasteiger partial charge in [0.2, 0.25) is 0 Å². The summed E-state index contributed by atoms with van der Waals surface area (Å²) in [5.74, 6) is 0.937. The summed E-state index contributed by atoms with van der Waals surface area (Å²) in [7, 11) is 0. The molecular formula is C25H26ClN5. The molecule has 1 N–H and O–H groups in total. The number of benzene rings is 2. The van der Waals surface area contributed by atoms with Crippen LogP contribution in [-0.2, 0) is 0 Å². The Hall–Kier alpha value is -3.07. The first-order valence-electron chi connectivity index (χ1n) is 10.7. The number of hydrogen-bond donors (Lipinski definition) is 1. The first-order valence-corrected chi connectivity index (χ1v) is 11.1. The molecule has 0 aliphatic carbocycles. The van der Waals surface area contributed by atoms with Crippen molar-refractivity contribution < 1.29 is 0 Å². The molecule has 0 fully saturated rings. The van der Waals surface area contributed by atoms with Crippen molar-refractivity contribution in [1.82, 2.24) is 14.3 Å². The third kappa shape index (κ3) is 4.23.